The first kappa shape index (κ1) is 27.4. The van der Waals surface area contributed by atoms with E-state index in [0.717, 1.165) is 55.8 Å². The maximum absolute atomic E-state index is 14.2. The number of carbonyl (C=O) groups is 2. The number of rotatable bonds is 7. The molecule has 4 aliphatic rings. The Balaban J connectivity index is 1.28. The van der Waals surface area contributed by atoms with Gasteiger partial charge < -0.3 is 24.0 Å². The molecule has 4 bridgehead atoms. The zero-order valence-corrected chi connectivity index (χ0v) is 23.9. The molecule has 6 atom stereocenters. The van der Waals surface area contributed by atoms with Crippen molar-refractivity contribution in [2.75, 3.05) is 21.1 Å². The van der Waals surface area contributed by atoms with E-state index in [1.54, 1.807) is 24.3 Å². The van der Waals surface area contributed by atoms with Crippen LogP contribution < -0.4 is 0 Å². The van der Waals surface area contributed by atoms with E-state index in [1.165, 1.54) is 0 Å². The first-order chi connectivity index (χ1) is 19.2. The molecular weight excluding hydrogens is 504 g/mol. The third-order valence-electron chi connectivity index (χ3n) is 10.8. The van der Waals surface area contributed by atoms with Crippen LogP contribution in [0.4, 0.5) is 0 Å². The van der Waals surface area contributed by atoms with Crippen molar-refractivity contribution in [1.82, 2.24) is 4.90 Å². The summed E-state index contributed by atoms with van der Waals surface area (Å²) in [5.41, 5.74) is -0.792. The van der Waals surface area contributed by atoms with Gasteiger partial charge in [-0.2, -0.15) is 0 Å². The SMILES string of the molecule is CN1C2CCC1CC(OC(=O)C(OC(=O)C(O)(c1ccccc1)C1CC3CCC(C1)[N+]3(C)C)c1ccccc1)C2. The van der Waals surface area contributed by atoms with Gasteiger partial charge in [0.15, 0.2) is 5.60 Å². The highest BCUT2D eigenvalue weighted by atomic mass is 16.6. The molecule has 4 heterocycles. The largest absolute Gasteiger partial charge is 0.459 e. The van der Waals surface area contributed by atoms with Gasteiger partial charge in [0.25, 0.3) is 0 Å². The molecule has 2 aromatic carbocycles. The van der Waals surface area contributed by atoms with Crippen molar-refractivity contribution >= 4 is 11.9 Å². The number of fused-ring (bicyclic) bond motifs is 4. The molecule has 0 radical (unpaired) electrons. The van der Waals surface area contributed by atoms with Gasteiger partial charge in [0.2, 0.25) is 6.10 Å². The van der Waals surface area contributed by atoms with Gasteiger partial charge in [-0.3, -0.25) is 0 Å². The van der Waals surface area contributed by atoms with Crippen LogP contribution in [0.3, 0.4) is 0 Å². The molecule has 6 unspecified atom stereocenters. The minimum absolute atomic E-state index is 0.201. The quantitative estimate of drug-likeness (QED) is 0.411. The maximum Gasteiger partial charge on any atom is 0.352 e. The molecule has 0 amide bonds. The Kier molecular flexibility index (Phi) is 7.26. The first-order valence-electron chi connectivity index (χ1n) is 15.0. The van der Waals surface area contributed by atoms with E-state index in [-0.39, 0.29) is 12.0 Å². The van der Waals surface area contributed by atoms with Crippen LogP contribution in [-0.4, -0.2) is 77.8 Å². The lowest BCUT2D eigenvalue weighted by atomic mass is 9.73. The van der Waals surface area contributed by atoms with Crippen molar-refractivity contribution < 1.29 is 28.7 Å². The fourth-order valence-corrected chi connectivity index (χ4v) is 8.19. The molecule has 7 heteroatoms. The smallest absolute Gasteiger partial charge is 0.352 e. The van der Waals surface area contributed by atoms with Gasteiger partial charge in [-0.15, -0.1) is 0 Å². The average Bonchev–Trinajstić information content (AvgIpc) is 3.23. The predicted octanol–water partition coefficient (Wildman–Crippen LogP) is 4.34. The molecule has 0 spiro atoms. The number of aliphatic hydroxyl groups is 1. The van der Waals surface area contributed by atoms with Gasteiger partial charge in [-0.05, 0) is 38.3 Å². The van der Waals surface area contributed by atoms with Crippen LogP contribution >= 0.6 is 0 Å². The number of benzene rings is 2. The lowest BCUT2D eigenvalue weighted by Crippen LogP contribution is -2.59. The Morgan fingerprint density at radius 1 is 0.875 bits per heavy atom. The third kappa shape index (κ3) is 4.76. The first-order valence-corrected chi connectivity index (χ1v) is 15.0. The zero-order valence-electron chi connectivity index (χ0n) is 23.9. The minimum Gasteiger partial charge on any atom is -0.459 e. The topological polar surface area (TPSA) is 76.1 Å². The second-order valence-corrected chi connectivity index (χ2v) is 13.1. The number of hydrogen-bond acceptors (Lipinski definition) is 6. The molecule has 4 fully saturated rings. The van der Waals surface area contributed by atoms with Crippen molar-refractivity contribution in [3.8, 4) is 0 Å². The Morgan fingerprint density at radius 2 is 1.43 bits per heavy atom. The van der Waals surface area contributed by atoms with E-state index < -0.39 is 23.6 Å². The van der Waals surface area contributed by atoms with Crippen molar-refractivity contribution in [3.63, 3.8) is 0 Å². The highest BCUT2D eigenvalue weighted by Crippen LogP contribution is 2.49. The van der Waals surface area contributed by atoms with E-state index in [2.05, 4.69) is 26.0 Å². The Labute approximate surface area is 237 Å². The molecule has 40 heavy (non-hydrogen) atoms. The molecule has 2 aromatic rings. The second kappa shape index (κ2) is 10.6. The van der Waals surface area contributed by atoms with Crippen LogP contribution in [0.2, 0.25) is 0 Å². The summed E-state index contributed by atoms with van der Waals surface area (Å²) in [6, 6.07) is 19.8. The van der Waals surface area contributed by atoms with Gasteiger partial charge in [-0.1, -0.05) is 60.7 Å². The predicted molar refractivity (Wildman–Crippen MR) is 151 cm³/mol. The summed E-state index contributed by atoms with van der Waals surface area (Å²) < 4.78 is 13.0. The molecule has 4 saturated heterocycles. The van der Waals surface area contributed by atoms with Crippen molar-refractivity contribution in [2.45, 2.75) is 93.3 Å². The summed E-state index contributed by atoms with van der Waals surface area (Å²) in [4.78, 5) is 30.3. The number of carbonyl (C=O) groups excluding carboxylic acids is 2. The molecule has 4 aliphatic heterocycles. The summed E-state index contributed by atoms with van der Waals surface area (Å²) in [6.07, 6.45) is 6.01. The Hall–Kier alpha value is -2.74. The van der Waals surface area contributed by atoms with E-state index in [0.29, 0.717) is 35.3 Å². The van der Waals surface area contributed by atoms with Crippen molar-refractivity contribution in [2.24, 2.45) is 5.92 Å². The standard InChI is InChI=1S/C33H43N2O5/c1-34-25-14-15-26(34)21-29(20-25)39-31(36)30(22-10-6-4-7-11-22)40-32(37)33(38,23-12-8-5-9-13-23)24-18-27-16-17-28(19-24)35(27,2)3/h4-13,24-30,38H,14-21H2,1-3H3/q+1. The molecule has 0 saturated carbocycles. The van der Waals surface area contributed by atoms with Crippen LogP contribution in [-0.2, 0) is 24.7 Å². The van der Waals surface area contributed by atoms with Crippen molar-refractivity contribution in [1.29, 1.82) is 0 Å². The fourth-order valence-electron chi connectivity index (χ4n) is 8.19. The molecule has 1 N–H and O–H groups in total. The van der Waals surface area contributed by atoms with Crippen molar-refractivity contribution in [3.05, 3.63) is 71.8 Å². The second-order valence-electron chi connectivity index (χ2n) is 13.1. The molecule has 0 aliphatic carbocycles. The van der Waals surface area contributed by atoms with Gasteiger partial charge in [0.1, 0.15) is 6.10 Å². The number of nitrogens with zero attached hydrogens (tertiary/aromatic N) is 2. The number of esters is 2. The minimum atomic E-state index is -1.86. The molecule has 0 aromatic heterocycles. The van der Waals surface area contributed by atoms with E-state index >= 15 is 0 Å². The molecular formula is C33H43N2O5+. The monoisotopic (exact) mass is 547 g/mol. The highest BCUT2D eigenvalue weighted by Gasteiger charge is 2.58. The highest BCUT2D eigenvalue weighted by molar-refractivity contribution is 5.86. The Bertz CT molecular complexity index is 1190. The van der Waals surface area contributed by atoms with Gasteiger partial charge in [-0.25, -0.2) is 9.59 Å². The van der Waals surface area contributed by atoms with Crippen LogP contribution in [0, 0.1) is 5.92 Å². The summed E-state index contributed by atoms with van der Waals surface area (Å²) >= 11 is 0. The van der Waals surface area contributed by atoms with Crippen LogP contribution in [0.15, 0.2) is 60.7 Å². The summed E-state index contributed by atoms with van der Waals surface area (Å²) in [5, 5.41) is 12.4. The van der Waals surface area contributed by atoms with Gasteiger partial charge in [0, 0.05) is 49.2 Å². The van der Waals surface area contributed by atoms with Crippen LogP contribution in [0.25, 0.3) is 0 Å². The number of quaternary nitrogens is 1. The van der Waals surface area contributed by atoms with Crippen LogP contribution in [0.1, 0.15) is 68.6 Å². The number of ether oxygens (including phenoxy) is 2. The zero-order chi connectivity index (χ0) is 28.1. The fraction of sp³-hybridized carbons (Fsp3) is 0.576. The van der Waals surface area contributed by atoms with Crippen LogP contribution in [0.5, 0.6) is 0 Å². The lowest BCUT2D eigenvalue weighted by Gasteiger charge is -2.47. The van der Waals surface area contributed by atoms with Gasteiger partial charge in [0.05, 0.1) is 26.2 Å². The summed E-state index contributed by atoms with van der Waals surface area (Å²) in [7, 11) is 6.67. The van der Waals surface area contributed by atoms with Gasteiger partial charge >= 0.3 is 11.9 Å². The summed E-state index contributed by atoms with van der Waals surface area (Å²) in [6.45, 7) is 0. The molecule has 7 nitrogen and oxygen atoms in total. The molecule has 214 valence electrons. The lowest BCUT2D eigenvalue weighted by molar-refractivity contribution is -0.932. The normalized spacial score (nSPS) is 33.1. The number of piperidine rings is 2. The molecule has 6 rings (SSSR count). The number of hydrogen-bond donors (Lipinski definition) is 1. The Morgan fingerprint density at radius 3 is 2.00 bits per heavy atom. The van der Waals surface area contributed by atoms with E-state index in [4.69, 9.17) is 9.47 Å². The van der Waals surface area contributed by atoms with E-state index in [1.807, 2.05) is 36.4 Å². The average molecular weight is 548 g/mol. The maximum atomic E-state index is 14.2. The summed E-state index contributed by atoms with van der Waals surface area (Å²) in [5.74, 6) is -1.64. The third-order valence-corrected chi connectivity index (χ3v) is 10.8. The van der Waals surface area contributed by atoms with E-state index in [9.17, 15) is 14.7 Å².